The molecule has 3 rings (SSSR count). The number of unbranched alkanes of at least 4 members (excludes halogenated alkanes) is 1. The highest BCUT2D eigenvalue weighted by Crippen LogP contribution is 2.23. The van der Waals surface area contributed by atoms with Crippen LogP contribution in [0.3, 0.4) is 0 Å². The number of nitrogens with zero attached hydrogens (tertiary/aromatic N) is 4. The van der Waals surface area contributed by atoms with Crippen LogP contribution in [-0.4, -0.2) is 56.9 Å². The zero-order valence-corrected chi connectivity index (χ0v) is 21.0. The minimum absolute atomic E-state index is 0.0944. The second-order valence-corrected chi connectivity index (χ2v) is 9.31. The number of hydrogen-bond acceptors (Lipinski definition) is 9. The summed E-state index contributed by atoms with van der Waals surface area (Å²) < 4.78 is 11.5. The number of aryl methyl sites for hydroxylation is 1. The molecule has 4 N–H and O–H groups in total. The first-order valence-electron chi connectivity index (χ1n) is 11.9. The van der Waals surface area contributed by atoms with Gasteiger partial charge in [0, 0.05) is 11.9 Å². The molecule has 2 aromatic heterocycles. The highest BCUT2D eigenvalue weighted by molar-refractivity contribution is 6.06. The molecule has 2 heterocycles. The molecule has 194 valence electrons. The standard InChI is InChI=1S/C24H33N7O5/c1-5-35-23(34)22-27-17(30-36-22)14-26-21(33)19(24(2,3)4)28-20(32)18-15-10-6-7-11-16(15)31(29-18)13-9-8-12-25/h6-7,10-11,19H,5,8-9,12-14,25H2,1-4H3,(H,26,33)(H,28,32)/t19-/m1/s1. The van der Waals surface area contributed by atoms with Crippen LogP contribution < -0.4 is 16.4 Å². The Kier molecular flexibility index (Phi) is 8.75. The maximum atomic E-state index is 13.3. The number of amides is 2. The number of fused-ring (bicyclic) bond motifs is 1. The average molecular weight is 500 g/mol. The number of carbonyl (C=O) groups excluding carboxylic acids is 3. The van der Waals surface area contributed by atoms with Gasteiger partial charge in [0.05, 0.1) is 18.7 Å². The molecule has 0 saturated heterocycles. The van der Waals surface area contributed by atoms with Crippen molar-refractivity contribution in [2.75, 3.05) is 13.2 Å². The summed E-state index contributed by atoms with van der Waals surface area (Å²) in [6.45, 7) is 8.47. The van der Waals surface area contributed by atoms with Crippen molar-refractivity contribution in [1.29, 1.82) is 0 Å². The average Bonchev–Trinajstić information content (AvgIpc) is 3.46. The van der Waals surface area contributed by atoms with E-state index in [1.165, 1.54) is 0 Å². The molecule has 0 spiro atoms. The summed E-state index contributed by atoms with van der Waals surface area (Å²) in [6.07, 6.45) is 1.69. The van der Waals surface area contributed by atoms with Crippen LogP contribution in [-0.2, 0) is 22.6 Å². The summed E-state index contributed by atoms with van der Waals surface area (Å²) in [7, 11) is 0. The summed E-state index contributed by atoms with van der Waals surface area (Å²) in [5, 5.41) is 14.5. The molecule has 0 bridgehead atoms. The molecule has 0 unspecified atom stereocenters. The first-order valence-corrected chi connectivity index (χ1v) is 11.9. The summed E-state index contributed by atoms with van der Waals surface area (Å²) in [5.74, 6) is -1.83. The zero-order chi connectivity index (χ0) is 26.3. The Balaban J connectivity index is 1.73. The molecule has 12 heteroatoms. The van der Waals surface area contributed by atoms with Gasteiger partial charge in [-0.05, 0) is 37.8 Å². The molecule has 0 aliphatic heterocycles. The quantitative estimate of drug-likeness (QED) is 0.263. The van der Waals surface area contributed by atoms with E-state index in [1.54, 1.807) is 11.6 Å². The Hall–Kier alpha value is -3.80. The third-order valence-electron chi connectivity index (χ3n) is 5.44. The van der Waals surface area contributed by atoms with E-state index in [0.29, 0.717) is 18.5 Å². The highest BCUT2D eigenvalue weighted by Gasteiger charge is 2.34. The summed E-state index contributed by atoms with van der Waals surface area (Å²) >= 11 is 0. The normalized spacial score (nSPS) is 12.4. The molecule has 0 radical (unpaired) electrons. The Morgan fingerprint density at radius 3 is 2.64 bits per heavy atom. The smallest absolute Gasteiger partial charge is 0.397 e. The van der Waals surface area contributed by atoms with Gasteiger partial charge >= 0.3 is 11.9 Å². The van der Waals surface area contributed by atoms with Gasteiger partial charge in [0.25, 0.3) is 5.91 Å². The SMILES string of the molecule is CCOC(=O)c1nc(CNC(=O)[C@@H](NC(=O)c2nn(CCCCN)c3ccccc23)C(C)(C)C)no1. The van der Waals surface area contributed by atoms with Gasteiger partial charge in [-0.25, -0.2) is 4.79 Å². The predicted octanol–water partition coefficient (Wildman–Crippen LogP) is 1.80. The lowest BCUT2D eigenvalue weighted by Crippen LogP contribution is -2.53. The Bertz CT molecular complexity index is 1210. The fraction of sp³-hybridized carbons (Fsp3) is 0.500. The van der Waals surface area contributed by atoms with Gasteiger partial charge in [-0.2, -0.15) is 10.1 Å². The van der Waals surface area contributed by atoms with E-state index >= 15 is 0 Å². The summed E-state index contributed by atoms with van der Waals surface area (Å²) in [5.41, 5.74) is 6.07. The predicted molar refractivity (Wildman–Crippen MR) is 131 cm³/mol. The number of benzene rings is 1. The summed E-state index contributed by atoms with van der Waals surface area (Å²) in [4.78, 5) is 42.0. The maximum Gasteiger partial charge on any atom is 0.397 e. The maximum absolute atomic E-state index is 13.3. The van der Waals surface area contributed by atoms with E-state index in [-0.39, 0.29) is 30.6 Å². The van der Waals surface area contributed by atoms with Gasteiger partial charge in [-0.15, -0.1) is 0 Å². The second-order valence-electron chi connectivity index (χ2n) is 9.31. The summed E-state index contributed by atoms with van der Waals surface area (Å²) in [6, 6.07) is 6.59. The number of nitrogens with two attached hydrogens (primary N) is 1. The molecular weight excluding hydrogens is 466 g/mol. The van der Waals surface area contributed by atoms with Crippen molar-refractivity contribution in [1.82, 2.24) is 30.6 Å². The lowest BCUT2D eigenvalue weighted by Gasteiger charge is -2.30. The van der Waals surface area contributed by atoms with Gasteiger partial charge in [-0.1, -0.05) is 44.1 Å². The molecule has 1 atom stereocenters. The minimum Gasteiger partial charge on any atom is -0.459 e. The second kappa shape index (κ2) is 11.8. The third-order valence-corrected chi connectivity index (χ3v) is 5.44. The number of aromatic nitrogens is 4. The molecule has 0 aliphatic carbocycles. The van der Waals surface area contributed by atoms with E-state index in [4.69, 9.17) is 15.0 Å². The minimum atomic E-state index is -0.886. The van der Waals surface area contributed by atoms with Crippen LogP contribution in [0.2, 0.25) is 0 Å². The molecule has 36 heavy (non-hydrogen) atoms. The fourth-order valence-electron chi connectivity index (χ4n) is 3.62. The van der Waals surface area contributed by atoms with Crippen LogP contribution in [0.5, 0.6) is 0 Å². The lowest BCUT2D eigenvalue weighted by molar-refractivity contribution is -0.125. The Morgan fingerprint density at radius 2 is 1.94 bits per heavy atom. The van der Waals surface area contributed by atoms with Gasteiger partial charge < -0.3 is 25.6 Å². The third kappa shape index (κ3) is 6.45. The van der Waals surface area contributed by atoms with Crippen LogP contribution in [0.15, 0.2) is 28.8 Å². The molecule has 2 amide bonds. The van der Waals surface area contributed by atoms with Crippen molar-refractivity contribution in [2.45, 2.75) is 59.7 Å². The van der Waals surface area contributed by atoms with Gasteiger partial charge in [0.15, 0.2) is 11.5 Å². The number of hydrogen-bond donors (Lipinski definition) is 3. The first kappa shape index (κ1) is 26.8. The van der Waals surface area contributed by atoms with E-state index in [9.17, 15) is 14.4 Å². The number of esters is 1. The van der Waals surface area contributed by atoms with Crippen LogP contribution in [0.1, 0.15) is 67.5 Å². The number of nitrogens with one attached hydrogen (secondary N) is 2. The molecule has 12 nitrogen and oxygen atoms in total. The van der Waals surface area contributed by atoms with Crippen molar-refractivity contribution in [3.8, 4) is 0 Å². The topological polar surface area (TPSA) is 167 Å². The van der Waals surface area contributed by atoms with E-state index in [2.05, 4.69) is 25.9 Å². The number of para-hydroxylation sites is 1. The molecule has 0 aliphatic rings. The van der Waals surface area contributed by atoms with Crippen LogP contribution in [0.25, 0.3) is 10.9 Å². The fourth-order valence-corrected chi connectivity index (χ4v) is 3.62. The number of carbonyl (C=O) groups is 3. The van der Waals surface area contributed by atoms with Crippen LogP contribution in [0, 0.1) is 5.41 Å². The largest absolute Gasteiger partial charge is 0.459 e. The molecular formula is C24H33N7O5. The van der Waals surface area contributed by atoms with Gasteiger partial charge in [0.2, 0.25) is 5.91 Å². The van der Waals surface area contributed by atoms with Crippen molar-refractivity contribution >= 4 is 28.7 Å². The lowest BCUT2D eigenvalue weighted by atomic mass is 9.86. The van der Waals surface area contributed by atoms with Gasteiger partial charge in [0.1, 0.15) is 6.04 Å². The molecule has 3 aromatic rings. The molecule has 1 aromatic carbocycles. The van der Waals surface area contributed by atoms with Crippen LogP contribution in [0.4, 0.5) is 0 Å². The first-order chi connectivity index (χ1) is 17.2. The monoisotopic (exact) mass is 499 g/mol. The van der Waals surface area contributed by atoms with Crippen molar-refractivity contribution in [3.05, 3.63) is 41.7 Å². The Labute approximate surface area is 208 Å². The van der Waals surface area contributed by atoms with E-state index in [0.717, 1.165) is 18.4 Å². The van der Waals surface area contributed by atoms with E-state index < -0.39 is 29.2 Å². The van der Waals surface area contributed by atoms with E-state index in [1.807, 2.05) is 45.0 Å². The van der Waals surface area contributed by atoms with Crippen LogP contribution >= 0.6 is 0 Å². The molecule has 0 fully saturated rings. The van der Waals surface area contributed by atoms with Crippen molar-refractivity contribution < 1.29 is 23.6 Å². The molecule has 0 saturated carbocycles. The van der Waals surface area contributed by atoms with Crippen molar-refractivity contribution in [2.24, 2.45) is 11.1 Å². The van der Waals surface area contributed by atoms with Crippen molar-refractivity contribution in [3.63, 3.8) is 0 Å². The zero-order valence-electron chi connectivity index (χ0n) is 21.0. The highest BCUT2D eigenvalue weighted by atomic mass is 16.6. The Morgan fingerprint density at radius 1 is 1.19 bits per heavy atom. The number of ether oxygens (including phenoxy) is 1. The number of rotatable bonds is 11. The van der Waals surface area contributed by atoms with Gasteiger partial charge in [-0.3, -0.25) is 14.3 Å².